The van der Waals surface area contributed by atoms with Gasteiger partial charge in [0.05, 0.1) is 10.0 Å². The van der Waals surface area contributed by atoms with Crippen molar-refractivity contribution in [2.45, 2.75) is 36.8 Å². The molecule has 1 aliphatic rings. The SMILES string of the molecule is NC1CCCC1CCSc1ccc(Cl)cn1. The van der Waals surface area contributed by atoms with Gasteiger partial charge in [-0.1, -0.05) is 18.0 Å². The molecule has 0 saturated heterocycles. The third kappa shape index (κ3) is 3.37. The van der Waals surface area contributed by atoms with Crippen LogP contribution < -0.4 is 5.73 Å². The van der Waals surface area contributed by atoms with Crippen molar-refractivity contribution in [3.8, 4) is 0 Å². The normalized spacial score (nSPS) is 24.9. The number of rotatable bonds is 4. The van der Waals surface area contributed by atoms with Gasteiger partial charge in [-0.2, -0.15) is 0 Å². The lowest BCUT2D eigenvalue weighted by molar-refractivity contribution is 0.470. The molecule has 2 nitrogen and oxygen atoms in total. The Morgan fingerprint density at radius 1 is 1.44 bits per heavy atom. The van der Waals surface area contributed by atoms with Crippen molar-refractivity contribution in [2.24, 2.45) is 11.7 Å². The predicted octanol–water partition coefficient (Wildman–Crippen LogP) is 3.34. The van der Waals surface area contributed by atoms with Gasteiger partial charge in [-0.25, -0.2) is 4.98 Å². The second-order valence-corrected chi connectivity index (χ2v) is 5.86. The minimum Gasteiger partial charge on any atom is -0.327 e. The van der Waals surface area contributed by atoms with E-state index in [1.807, 2.05) is 12.1 Å². The molecule has 1 aromatic heterocycles. The van der Waals surface area contributed by atoms with Gasteiger partial charge in [0, 0.05) is 12.2 Å². The van der Waals surface area contributed by atoms with Crippen molar-refractivity contribution in [1.29, 1.82) is 0 Å². The summed E-state index contributed by atoms with van der Waals surface area (Å²) in [6.45, 7) is 0. The van der Waals surface area contributed by atoms with Crippen LogP contribution in [0.2, 0.25) is 5.02 Å². The van der Waals surface area contributed by atoms with Gasteiger partial charge in [0.1, 0.15) is 0 Å². The number of aromatic nitrogens is 1. The minimum absolute atomic E-state index is 0.429. The molecule has 2 atom stereocenters. The molecule has 0 radical (unpaired) electrons. The van der Waals surface area contributed by atoms with Crippen LogP contribution in [0.3, 0.4) is 0 Å². The number of halogens is 1. The van der Waals surface area contributed by atoms with Crippen LogP contribution in [0.15, 0.2) is 23.4 Å². The van der Waals surface area contributed by atoms with E-state index < -0.39 is 0 Å². The molecule has 2 N–H and O–H groups in total. The van der Waals surface area contributed by atoms with Crippen LogP contribution in [-0.2, 0) is 0 Å². The van der Waals surface area contributed by atoms with Gasteiger partial charge in [-0.3, -0.25) is 0 Å². The standard InChI is InChI=1S/C12H17ClN2S/c13-10-4-5-12(15-8-10)16-7-6-9-2-1-3-11(9)14/h4-5,8-9,11H,1-3,6-7,14H2. The molecule has 4 heteroatoms. The third-order valence-corrected chi connectivity index (χ3v) is 4.36. The first-order valence-corrected chi connectivity index (χ1v) is 7.12. The highest BCUT2D eigenvalue weighted by Gasteiger charge is 2.23. The number of hydrogen-bond donors (Lipinski definition) is 1. The summed E-state index contributed by atoms with van der Waals surface area (Å²) in [6, 6.07) is 4.29. The van der Waals surface area contributed by atoms with Gasteiger partial charge in [0.25, 0.3) is 0 Å². The fraction of sp³-hybridized carbons (Fsp3) is 0.583. The van der Waals surface area contributed by atoms with Gasteiger partial charge in [-0.15, -0.1) is 11.8 Å². The van der Waals surface area contributed by atoms with Crippen molar-refractivity contribution < 1.29 is 0 Å². The highest BCUT2D eigenvalue weighted by atomic mass is 35.5. The van der Waals surface area contributed by atoms with E-state index in [-0.39, 0.29) is 0 Å². The summed E-state index contributed by atoms with van der Waals surface area (Å²) in [5.74, 6) is 1.83. The Morgan fingerprint density at radius 2 is 2.31 bits per heavy atom. The lowest BCUT2D eigenvalue weighted by Gasteiger charge is -2.14. The van der Waals surface area contributed by atoms with Crippen LogP contribution in [0, 0.1) is 5.92 Å². The summed E-state index contributed by atoms with van der Waals surface area (Å²) in [4.78, 5) is 4.26. The zero-order chi connectivity index (χ0) is 11.4. The Morgan fingerprint density at radius 3 is 2.94 bits per heavy atom. The van der Waals surface area contributed by atoms with E-state index in [1.165, 1.54) is 25.7 Å². The molecule has 16 heavy (non-hydrogen) atoms. The second-order valence-electron chi connectivity index (χ2n) is 4.31. The maximum Gasteiger partial charge on any atom is 0.0960 e. The Balaban J connectivity index is 1.73. The number of hydrogen-bond acceptors (Lipinski definition) is 3. The first-order valence-electron chi connectivity index (χ1n) is 5.75. The molecular weight excluding hydrogens is 240 g/mol. The molecule has 1 aliphatic carbocycles. The molecule has 2 unspecified atom stereocenters. The smallest absolute Gasteiger partial charge is 0.0960 e. The molecular formula is C12H17ClN2S. The highest BCUT2D eigenvalue weighted by molar-refractivity contribution is 7.99. The van der Waals surface area contributed by atoms with Crippen LogP contribution in [0.25, 0.3) is 0 Å². The average Bonchev–Trinajstić information content (AvgIpc) is 2.68. The zero-order valence-electron chi connectivity index (χ0n) is 9.23. The Bertz CT molecular complexity index is 328. The van der Waals surface area contributed by atoms with Gasteiger partial charge in [-0.05, 0) is 43.1 Å². The molecule has 1 fully saturated rings. The average molecular weight is 257 g/mol. The molecule has 1 heterocycles. The quantitative estimate of drug-likeness (QED) is 0.840. The molecule has 0 aliphatic heterocycles. The van der Waals surface area contributed by atoms with Crippen LogP contribution >= 0.6 is 23.4 Å². The maximum atomic E-state index is 6.04. The number of nitrogens with two attached hydrogens (primary N) is 1. The predicted molar refractivity (Wildman–Crippen MR) is 69.9 cm³/mol. The van der Waals surface area contributed by atoms with E-state index in [1.54, 1.807) is 18.0 Å². The van der Waals surface area contributed by atoms with Gasteiger partial charge in [0.15, 0.2) is 0 Å². The van der Waals surface area contributed by atoms with Crippen LogP contribution in [-0.4, -0.2) is 16.8 Å². The number of nitrogens with zero attached hydrogens (tertiary/aromatic N) is 1. The molecule has 1 aromatic rings. The van der Waals surface area contributed by atoms with Gasteiger partial charge >= 0.3 is 0 Å². The van der Waals surface area contributed by atoms with Crippen molar-refractivity contribution >= 4 is 23.4 Å². The lowest BCUT2D eigenvalue weighted by atomic mass is 10.0. The molecule has 2 rings (SSSR count). The van der Waals surface area contributed by atoms with Crippen LogP contribution in [0.4, 0.5) is 0 Å². The summed E-state index contributed by atoms with van der Waals surface area (Å²) in [7, 11) is 0. The summed E-state index contributed by atoms with van der Waals surface area (Å²) >= 11 is 7.57. The summed E-state index contributed by atoms with van der Waals surface area (Å²) in [6.07, 6.45) is 6.71. The molecule has 0 spiro atoms. The van der Waals surface area contributed by atoms with E-state index in [4.69, 9.17) is 17.3 Å². The number of thioether (sulfide) groups is 1. The van der Waals surface area contributed by atoms with E-state index >= 15 is 0 Å². The largest absolute Gasteiger partial charge is 0.327 e. The first kappa shape index (κ1) is 12.2. The van der Waals surface area contributed by atoms with Crippen LogP contribution in [0.5, 0.6) is 0 Å². The van der Waals surface area contributed by atoms with Crippen molar-refractivity contribution in [3.63, 3.8) is 0 Å². The Kier molecular flexibility index (Phi) is 4.50. The van der Waals surface area contributed by atoms with E-state index in [0.29, 0.717) is 11.1 Å². The van der Waals surface area contributed by atoms with Crippen LogP contribution in [0.1, 0.15) is 25.7 Å². The van der Waals surface area contributed by atoms with E-state index in [2.05, 4.69) is 4.98 Å². The fourth-order valence-corrected chi connectivity index (χ4v) is 3.22. The lowest BCUT2D eigenvalue weighted by Crippen LogP contribution is -2.24. The maximum absolute atomic E-state index is 6.04. The third-order valence-electron chi connectivity index (χ3n) is 3.16. The summed E-state index contributed by atoms with van der Waals surface area (Å²) < 4.78 is 0. The molecule has 88 valence electrons. The molecule has 0 bridgehead atoms. The Labute approximate surface area is 106 Å². The molecule has 0 aromatic carbocycles. The monoisotopic (exact) mass is 256 g/mol. The van der Waals surface area contributed by atoms with Crippen molar-refractivity contribution in [1.82, 2.24) is 4.98 Å². The summed E-state index contributed by atoms with van der Waals surface area (Å²) in [5, 5.41) is 1.75. The second kappa shape index (κ2) is 5.89. The van der Waals surface area contributed by atoms with Crippen molar-refractivity contribution in [2.75, 3.05) is 5.75 Å². The highest BCUT2D eigenvalue weighted by Crippen LogP contribution is 2.29. The molecule has 1 saturated carbocycles. The number of pyridine rings is 1. The minimum atomic E-state index is 0.429. The topological polar surface area (TPSA) is 38.9 Å². The van der Waals surface area contributed by atoms with E-state index in [0.717, 1.165) is 16.7 Å². The van der Waals surface area contributed by atoms with Gasteiger partial charge in [0.2, 0.25) is 0 Å². The Hall–Kier alpha value is -0.250. The zero-order valence-corrected chi connectivity index (χ0v) is 10.8. The first-order chi connectivity index (χ1) is 7.75. The summed E-state index contributed by atoms with van der Waals surface area (Å²) in [5.41, 5.74) is 6.04. The van der Waals surface area contributed by atoms with E-state index in [9.17, 15) is 0 Å². The molecule has 0 amide bonds. The van der Waals surface area contributed by atoms with Crippen molar-refractivity contribution in [3.05, 3.63) is 23.4 Å². The fourth-order valence-electron chi connectivity index (χ4n) is 2.19. The van der Waals surface area contributed by atoms with Gasteiger partial charge < -0.3 is 5.73 Å².